The van der Waals surface area contributed by atoms with Gasteiger partial charge < -0.3 is 9.84 Å². The lowest BCUT2D eigenvalue weighted by atomic mass is 9.97. The van der Waals surface area contributed by atoms with Crippen molar-refractivity contribution >= 4 is 17.3 Å². The normalized spacial score (nSPS) is 10.3. The first-order chi connectivity index (χ1) is 12.0. The first kappa shape index (κ1) is 16.7. The van der Waals surface area contributed by atoms with E-state index in [2.05, 4.69) is 6.07 Å². The van der Waals surface area contributed by atoms with Crippen LogP contribution in [0.15, 0.2) is 48.5 Å². The molecule has 0 saturated carbocycles. The highest BCUT2D eigenvalue weighted by molar-refractivity contribution is 7.17. The maximum absolute atomic E-state index is 13.7. The summed E-state index contributed by atoms with van der Waals surface area (Å²) in [5, 5.41) is 18.4. The molecule has 1 N–H and O–H groups in total. The van der Waals surface area contributed by atoms with E-state index in [-0.39, 0.29) is 4.88 Å². The summed E-state index contributed by atoms with van der Waals surface area (Å²) in [5.41, 5.74) is 2.62. The number of carboxylic acid groups (broad SMARTS) is 1. The topological polar surface area (TPSA) is 70.3 Å². The number of aromatic carboxylic acids is 1. The zero-order chi connectivity index (χ0) is 18.0. The molecule has 0 radical (unpaired) electrons. The molecular weight excluding hydrogens is 341 g/mol. The van der Waals surface area contributed by atoms with Crippen LogP contribution in [0.5, 0.6) is 5.75 Å². The fourth-order valence-electron chi connectivity index (χ4n) is 2.47. The number of hydrogen-bond donors (Lipinski definition) is 1. The van der Waals surface area contributed by atoms with E-state index in [1.54, 1.807) is 37.4 Å². The van der Waals surface area contributed by atoms with Crippen LogP contribution in [0.3, 0.4) is 0 Å². The molecule has 124 valence electrons. The molecule has 0 spiro atoms. The number of ether oxygens (including phenoxy) is 1. The molecule has 0 saturated heterocycles. The highest BCUT2D eigenvalue weighted by Gasteiger charge is 2.17. The van der Waals surface area contributed by atoms with Gasteiger partial charge in [-0.05, 0) is 41.0 Å². The van der Waals surface area contributed by atoms with Crippen LogP contribution in [-0.2, 0) is 0 Å². The van der Waals surface area contributed by atoms with E-state index in [1.807, 2.05) is 12.1 Å². The van der Waals surface area contributed by atoms with Gasteiger partial charge in [-0.25, -0.2) is 9.18 Å². The minimum absolute atomic E-state index is 0.340. The van der Waals surface area contributed by atoms with Gasteiger partial charge in [0.25, 0.3) is 0 Å². The van der Waals surface area contributed by atoms with Gasteiger partial charge in [0.1, 0.15) is 16.4 Å². The minimum atomic E-state index is -1.30. The van der Waals surface area contributed by atoms with Gasteiger partial charge in [0.2, 0.25) is 0 Å². The van der Waals surface area contributed by atoms with Crippen LogP contribution < -0.4 is 4.74 Å². The quantitative estimate of drug-likeness (QED) is 0.731. The van der Waals surface area contributed by atoms with Crippen molar-refractivity contribution in [3.8, 4) is 33.4 Å². The summed E-state index contributed by atoms with van der Waals surface area (Å²) in [6.45, 7) is 0. The zero-order valence-electron chi connectivity index (χ0n) is 13.1. The second-order valence-electron chi connectivity index (χ2n) is 5.19. The smallest absolute Gasteiger partial charge is 0.348 e. The largest absolute Gasteiger partial charge is 0.497 e. The van der Waals surface area contributed by atoms with Crippen LogP contribution in [0.1, 0.15) is 15.2 Å². The van der Waals surface area contributed by atoms with Crippen molar-refractivity contribution in [2.45, 2.75) is 0 Å². The summed E-state index contributed by atoms with van der Waals surface area (Å²) in [4.78, 5) is 11.1. The Hall–Kier alpha value is -3.17. The summed E-state index contributed by atoms with van der Waals surface area (Å²) >= 11 is 0.846. The van der Waals surface area contributed by atoms with Crippen LogP contribution in [0, 0.1) is 17.1 Å². The highest BCUT2D eigenvalue weighted by atomic mass is 32.1. The summed E-state index contributed by atoms with van der Waals surface area (Å²) in [6.07, 6.45) is 0. The molecule has 2 aromatic carbocycles. The molecule has 0 aliphatic carbocycles. The van der Waals surface area contributed by atoms with Gasteiger partial charge in [-0.1, -0.05) is 24.3 Å². The Labute approximate surface area is 147 Å². The maximum Gasteiger partial charge on any atom is 0.348 e. The molecular formula is C19H12FNO3S. The lowest BCUT2D eigenvalue weighted by Crippen LogP contribution is -1.93. The average Bonchev–Trinajstić information content (AvgIpc) is 3.03. The maximum atomic E-state index is 13.7. The number of carbonyl (C=O) groups is 1. The van der Waals surface area contributed by atoms with Crippen LogP contribution >= 0.6 is 11.3 Å². The van der Waals surface area contributed by atoms with Crippen molar-refractivity contribution in [1.82, 2.24) is 0 Å². The third-order valence-electron chi connectivity index (χ3n) is 3.71. The van der Waals surface area contributed by atoms with Crippen molar-refractivity contribution in [3.05, 3.63) is 64.8 Å². The molecule has 3 aromatic rings. The van der Waals surface area contributed by atoms with E-state index in [4.69, 9.17) is 9.84 Å². The summed E-state index contributed by atoms with van der Waals surface area (Å²) in [7, 11) is 1.58. The lowest BCUT2D eigenvalue weighted by molar-refractivity contribution is 0.0697. The molecule has 0 unspecified atom stereocenters. The predicted molar refractivity (Wildman–Crippen MR) is 93.4 cm³/mol. The third-order valence-corrected chi connectivity index (χ3v) is 4.85. The van der Waals surface area contributed by atoms with Gasteiger partial charge in [-0.3, -0.25) is 0 Å². The number of halogens is 1. The Morgan fingerprint density at radius 1 is 1.16 bits per heavy atom. The number of benzene rings is 2. The lowest BCUT2D eigenvalue weighted by Gasteiger charge is -2.07. The minimum Gasteiger partial charge on any atom is -0.497 e. The van der Waals surface area contributed by atoms with Gasteiger partial charge in [-0.2, -0.15) is 5.26 Å². The van der Waals surface area contributed by atoms with Crippen molar-refractivity contribution < 1.29 is 19.0 Å². The molecule has 1 heterocycles. The second-order valence-corrected chi connectivity index (χ2v) is 6.25. The standard InChI is InChI=1S/C19H12FNO3S/c1-24-14-5-2-11(3-6-14)15-7-4-12(8-13(15)10-21)17-9-16(20)18(25-17)19(22)23/h2-9H,1H3,(H,22,23). The molecule has 0 bridgehead atoms. The Bertz CT molecular complexity index is 987. The Balaban J connectivity index is 2.04. The second kappa shape index (κ2) is 6.75. The number of hydrogen-bond acceptors (Lipinski definition) is 4. The van der Waals surface area contributed by atoms with Crippen molar-refractivity contribution in [3.63, 3.8) is 0 Å². The number of thiophene rings is 1. The fraction of sp³-hybridized carbons (Fsp3) is 0.0526. The Morgan fingerprint density at radius 3 is 2.40 bits per heavy atom. The molecule has 0 aliphatic rings. The number of nitrogens with zero attached hydrogens (tertiary/aromatic N) is 1. The van der Waals surface area contributed by atoms with E-state index in [1.165, 1.54) is 6.07 Å². The van der Waals surface area contributed by atoms with Gasteiger partial charge in [0.15, 0.2) is 0 Å². The van der Waals surface area contributed by atoms with Crippen LogP contribution in [0.4, 0.5) is 4.39 Å². The number of carboxylic acids is 1. The van der Waals surface area contributed by atoms with Crippen molar-refractivity contribution in [2.75, 3.05) is 7.11 Å². The molecule has 25 heavy (non-hydrogen) atoms. The van der Waals surface area contributed by atoms with Gasteiger partial charge in [0, 0.05) is 4.88 Å². The SMILES string of the molecule is COc1ccc(-c2ccc(-c3cc(F)c(C(=O)O)s3)cc2C#N)cc1. The van der Waals surface area contributed by atoms with Crippen LogP contribution in [0.25, 0.3) is 21.6 Å². The Kier molecular flexibility index (Phi) is 4.50. The average molecular weight is 353 g/mol. The summed E-state index contributed by atoms with van der Waals surface area (Å²) in [5.74, 6) is -1.36. The number of rotatable bonds is 4. The van der Waals surface area contributed by atoms with E-state index < -0.39 is 11.8 Å². The van der Waals surface area contributed by atoms with Gasteiger partial charge in [-0.15, -0.1) is 11.3 Å². The van der Waals surface area contributed by atoms with E-state index in [9.17, 15) is 14.4 Å². The third kappa shape index (κ3) is 3.23. The first-order valence-electron chi connectivity index (χ1n) is 7.25. The molecule has 1 aromatic heterocycles. The zero-order valence-corrected chi connectivity index (χ0v) is 13.9. The predicted octanol–water partition coefficient (Wildman–Crippen LogP) is 4.80. The molecule has 0 fully saturated rings. The molecule has 4 nitrogen and oxygen atoms in total. The van der Waals surface area contributed by atoms with E-state index in [0.29, 0.717) is 21.8 Å². The van der Waals surface area contributed by atoms with E-state index in [0.717, 1.165) is 22.5 Å². The van der Waals surface area contributed by atoms with Crippen LogP contribution in [0.2, 0.25) is 0 Å². The number of methoxy groups -OCH3 is 1. The monoisotopic (exact) mass is 353 g/mol. The molecule has 3 rings (SSSR count). The highest BCUT2D eigenvalue weighted by Crippen LogP contribution is 2.34. The van der Waals surface area contributed by atoms with E-state index >= 15 is 0 Å². The fourth-order valence-corrected chi connectivity index (χ4v) is 3.34. The molecule has 6 heteroatoms. The van der Waals surface area contributed by atoms with Crippen molar-refractivity contribution in [1.29, 1.82) is 5.26 Å². The number of nitriles is 1. The van der Waals surface area contributed by atoms with Gasteiger partial charge >= 0.3 is 5.97 Å². The first-order valence-corrected chi connectivity index (χ1v) is 8.06. The Morgan fingerprint density at radius 2 is 1.84 bits per heavy atom. The van der Waals surface area contributed by atoms with Crippen LogP contribution in [-0.4, -0.2) is 18.2 Å². The van der Waals surface area contributed by atoms with Crippen molar-refractivity contribution in [2.24, 2.45) is 0 Å². The van der Waals surface area contributed by atoms with Gasteiger partial charge in [0.05, 0.1) is 18.7 Å². The molecule has 0 atom stereocenters. The summed E-state index contributed by atoms with van der Waals surface area (Å²) in [6, 6.07) is 15.8. The molecule has 0 aliphatic heterocycles. The summed E-state index contributed by atoms with van der Waals surface area (Å²) < 4.78 is 18.8. The molecule has 0 amide bonds.